The van der Waals surface area contributed by atoms with Crippen LogP contribution in [0.1, 0.15) is 30.4 Å². The summed E-state index contributed by atoms with van der Waals surface area (Å²) in [5, 5.41) is 2.49. The van der Waals surface area contributed by atoms with Crippen molar-refractivity contribution in [3.8, 4) is 0 Å². The van der Waals surface area contributed by atoms with Crippen molar-refractivity contribution in [2.24, 2.45) is 0 Å². The summed E-state index contributed by atoms with van der Waals surface area (Å²) in [6.45, 7) is -0.116. The second-order valence-corrected chi connectivity index (χ2v) is 4.46. The Hall–Kier alpha value is -1.23. The summed E-state index contributed by atoms with van der Waals surface area (Å²) in [7, 11) is 0. The molecule has 0 heterocycles. The smallest absolute Gasteiger partial charge is 0.352 e. The van der Waals surface area contributed by atoms with Crippen molar-refractivity contribution in [2.75, 3.05) is 5.88 Å². The van der Waals surface area contributed by atoms with Gasteiger partial charge in [0.1, 0.15) is 0 Å². The monoisotopic (exact) mass is 293 g/mol. The quantitative estimate of drug-likeness (QED) is 0.628. The fourth-order valence-corrected chi connectivity index (χ4v) is 1.80. The van der Waals surface area contributed by atoms with Crippen molar-refractivity contribution in [3.05, 3.63) is 35.4 Å². The molecule has 0 aliphatic rings. The Kier molecular flexibility index (Phi) is 6.15. The number of carbonyl (C=O) groups excluding carboxylic acids is 1. The van der Waals surface area contributed by atoms with Crippen molar-refractivity contribution in [1.29, 1.82) is 0 Å². The first kappa shape index (κ1) is 15.8. The summed E-state index contributed by atoms with van der Waals surface area (Å²) in [6, 6.07) is 5.22. The van der Waals surface area contributed by atoms with E-state index in [4.69, 9.17) is 11.6 Å². The second-order valence-electron chi connectivity index (χ2n) is 4.08. The van der Waals surface area contributed by atoms with Crippen LogP contribution in [0.4, 0.5) is 13.2 Å². The molecule has 2 nitrogen and oxygen atoms in total. The Bertz CT molecular complexity index is 421. The van der Waals surface area contributed by atoms with Crippen LogP contribution in [0.25, 0.3) is 0 Å². The molecule has 19 heavy (non-hydrogen) atoms. The minimum atomic E-state index is -4.40. The number of unbranched alkanes of at least 4 members (excludes halogenated alkanes) is 1. The number of hydrogen-bond donors (Lipinski definition) is 1. The molecule has 0 bridgehead atoms. The lowest BCUT2D eigenvalue weighted by atomic mass is 10.1. The van der Waals surface area contributed by atoms with Crippen molar-refractivity contribution in [2.45, 2.75) is 32.0 Å². The van der Waals surface area contributed by atoms with Crippen LogP contribution in [-0.4, -0.2) is 11.8 Å². The molecular formula is C13H15ClF3NO. The van der Waals surface area contributed by atoms with E-state index < -0.39 is 11.7 Å². The molecule has 0 radical (unpaired) electrons. The summed E-state index contributed by atoms with van der Waals surface area (Å²) in [5.74, 6) is 0.214. The molecule has 0 fully saturated rings. The zero-order chi connectivity index (χ0) is 14.3. The maximum atomic E-state index is 12.7. The molecular weight excluding hydrogens is 279 g/mol. The molecule has 1 rings (SSSR count). The fraction of sp³-hybridized carbons (Fsp3) is 0.462. The van der Waals surface area contributed by atoms with Gasteiger partial charge in [0.2, 0.25) is 5.91 Å². The maximum absolute atomic E-state index is 12.7. The highest BCUT2D eigenvalue weighted by Crippen LogP contribution is 2.31. The van der Waals surface area contributed by atoms with Crippen molar-refractivity contribution >= 4 is 17.5 Å². The van der Waals surface area contributed by atoms with Gasteiger partial charge in [0.15, 0.2) is 0 Å². The summed E-state index contributed by atoms with van der Waals surface area (Å²) in [4.78, 5) is 11.4. The summed E-state index contributed by atoms with van der Waals surface area (Å²) in [5.41, 5.74) is -0.642. The van der Waals surface area contributed by atoms with Gasteiger partial charge in [0.05, 0.1) is 5.56 Å². The van der Waals surface area contributed by atoms with Gasteiger partial charge in [-0.05, 0) is 24.5 Å². The van der Waals surface area contributed by atoms with Crippen LogP contribution in [0.2, 0.25) is 0 Å². The van der Waals surface area contributed by atoms with Crippen LogP contribution >= 0.6 is 11.6 Å². The molecule has 0 saturated carbocycles. The lowest BCUT2D eigenvalue weighted by Crippen LogP contribution is -2.24. The first-order valence-electron chi connectivity index (χ1n) is 5.93. The predicted molar refractivity (Wildman–Crippen MR) is 67.9 cm³/mol. The highest BCUT2D eigenvalue weighted by molar-refractivity contribution is 6.17. The number of alkyl halides is 4. The highest BCUT2D eigenvalue weighted by Gasteiger charge is 2.32. The number of hydrogen-bond acceptors (Lipinski definition) is 1. The van der Waals surface area contributed by atoms with Crippen molar-refractivity contribution in [3.63, 3.8) is 0 Å². The van der Waals surface area contributed by atoms with E-state index in [2.05, 4.69) is 5.32 Å². The summed E-state index contributed by atoms with van der Waals surface area (Å²) >= 11 is 5.47. The number of amides is 1. The second kappa shape index (κ2) is 7.38. The van der Waals surface area contributed by atoms with E-state index in [1.807, 2.05) is 0 Å². The van der Waals surface area contributed by atoms with E-state index in [9.17, 15) is 18.0 Å². The normalized spacial score (nSPS) is 11.4. The fourth-order valence-electron chi connectivity index (χ4n) is 1.61. The molecule has 106 valence electrons. The van der Waals surface area contributed by atoms with E-state index in [-0.39, 0.29) is 24.4 Å². The number of benzene rings is 1. The van der Waals surface area contributed by atoms with Gasteiger partial charge >= 0.3 is 6.18 Å². The molecule has 1 N–H and O–H groups in total. The Morgan fingerprint density at radius 3 is 2.53 bits per heavy atom. The van der Waals surface area contributed by atoms with Crippen LogP contribution in [0.5, 0.6) is 0 Å². The van der Waals surface area contributed by atoms with Gasteiger partial charge in [-0.25, -0.2) is 0 Å². The average molecular weight is 294 g/mol. The highest BCUT2D eigenvalue weighted by atomic mass is 35.5. The maximum Gasteiger partial charge on any atom is 0.416 e. The van der Waals surface area contributed by atoms with E-state index >= 15 is 0 Å². The van der Waals surface area contributed by atoms with Gasteiger partial charge in [0, 0.05) is 18.8 Å². The lowest BCUT2D eigenvalue weighted by Gasteiger charge is -2.13. The molecule has 1 amide bonds. The Balaban J connectivity index is 2.56. The Morgan fingerprint density at radius 1 is 1.21 bits per heavy atom. The number of rotatable bonds is 6. The summed E-state index contributed by atoms with van der Waals surface area (Å²) < 4.78 is 38.1. The third kappa shape index (κ3) is 5.51. The van der Waals surface area contributed by atoms with E-state index in [0.717, 1.165) is 6.07 Å². The molecule has 0 atom stereocenters. The van der Waals surface area contributed by atoms with Gasteiger partial charge < -0.3 is 5.32 Å². The van der Waals surface area contributed by atoms with Gasteiger partial charge in [-0.2, -0.15) is 13.2 Å². The minimum Gasteiger partial charge on any atom is -0.352 e. The molecule has 1 aromatic carbocycles. The Labute approximate surface area is 114 Å². The van der Waals surface area contributed by atoms with Gasteiger partial charge in [-0.1, -0.05) is 18.2 Å². The van der Waals surface area contributed by atoms with Crippen LogP contribution in [0.15, 0.2) is 24.3 Å². The predicted octanol–water partition coefficient (Wildman–Crippen LogP) is 3.73. The van der Waals surface area contributed by atoms with Crippen LogP contribution in [0.3, 0.4) is 0 Å². The van der Waals surface area contributed by atoms with Crippen LogP contribution in [-0.2, 0) is 17.5 Å². The number of halogens is 4. The van der Waals surface area contributed by atoms with E-state index in [1.165, 1.54) is 18.2 Å². The topological polar surface area (TPSA) is 29.1 Å². The minimum absolute atomic E-state index is 0.0701. The zero-order valence-corrected chi connectivity index (χ0v) is 11.0. The summed E-state index contributed by atoms with van der Waals surface area (Å²) in [6.07, 6.45) is -2.77. The first-order valence-corrected chi connectivity index (χ1v) is 6.46. The van der Waals surface area contributed by atoms with Gasteiger partial charge in [-0.3, -0.25) is 4.79 Å². The number of carbonyl (C=O) groups is 1. The van der Waals surface area contributed by atoms with E-state index in [1.54, 1.807) is 0 Å². The molecule has 0 aliphatic heterocycles. The third-order valence-corrected chi connectivity index (χ3v) is 2.85. The largest absolute Gasteiger partial charge is 0.416 e. The molecule has 0 unspecified atom stereocenters. The van der Waals surface area contributed by atoms with Crippen molar-refractivity contribution in [1.82, 2.24) is 5.32 Å². The standard InChI is InChI=1S/C13H15ClF3NO/c14-8-4-3-7-12(19)18-9-10-5-1-2-6-11(10)13(15,16)17/h1-2,5-6H,3-4,7-9H2,(H,18,19). The third-order valence-electron chi connectivity index (χ3n) is 2.59. The molecule has 0 aromatic heterocycles. The molecule has 0 aliphatic carbocycles. The van der Waals surface area contributed by atoms with Crippen molar-refractivity contribution < 1.29 is 18.0 Å². The van der Waals surface area contributed by atoms with Crippen LogP contribution < -0.4 is 5.32 Å². The number of nitrogens with one attached hydrogen (secondary N) is 1. The zero-order valence-electron chi connectivity index (χ0n) is 10.3. The molecule has 6 heteroatoms. The van der Waals surface area contributed by atoms with Gasteiger partial charge in [-0.15, -0.1) is 11.6 Å². The first-order chi connectivity index (χ1) is 8.95. The van der Waals surface area contributed by atoms with Gasteiger partial charge in [0.25, 0.3) is 0 Å². The SMILES string of the molecule is O=C(CCCCCl)NCc1ccccc1C(F)(F)F. The molecule has 0 spiro atoms. The Morgan fingerprint density at radius 2 is 1.89 bits per heavy atom. The average Bonchev–Trinajstić information content (AvgIpc) is 2.36. The van der Waals surface area contributed by atoms with E-state index in [0.29, 0.717) is 18.7 Å². The lowest BCUT2D eigenvalue weighted by molar-refractivity contribution is -0.138. The molecule has 0 saturated heterocycles. The molecule has 1 aromatic rings. The van der Waals surface area contributed by atoms with Crippen LogP contribution in [0, 0.1) is 0 Å².